The Kier molecular flexibility index (Phi) is 7.77. The maximum absolute atomic E-state index is 11.1. The molecule has 0 spiro atoms. The molecule has 0 aromatic heterocycles. The second-order valence-corrected chi connectivity index (χ2v) is 7.37. The second kappa shape index (κ2) is 9.11. The van der Waals surface area contributed by atoms with E-state index in [2.05, 4.69) is 5.32 Å². The van der Waals surface area contributed by atoms with Crippen LogP contribution in [-0.2, 0) is 14.3 Å². The molecule has 0 heterocycles. The molecule has 1 atom stereocenters. The van der Waals surface area contributed by atoms with Gasteiger partial charge in [-0.05, 0) is 38.5 Å². The average Bonchev–Trinajstić information content (AvgIpc) is 2.50. The molecule has 1 unspecified atom stereocenters. The van der Waals surface area contributed by atoms with Crippen LogP contribution in [0.3, 0.4) is 0 Å². The number of carbonyl (C=O) groups is 1. The van der Waals surface area contributed by atoms with Crippen LogP contribution in [0.25, 0.3) is 0 Å². The van der Waals surface area contributed by atoms with Crippen LogP contribution in [-0.4, -0.2) is 29.1 Å². The van der Waals surface area contributed by atoms with E-state index in [-0.39, 0.29) is 39.9 Å². The number of hydrogen-bond donors (Lipinski definition) is 3. The van der Waals surface area contributed by atoms with Crippen LogP contribution in [0.2, 0.25) is 10.0 Å². The minimum Gasteiger partial charge on any atom is -0.481 e. The normalized spacial score (nSPS) is 12.4. The average molecular weight is 389 g/mol. The SMILES string of the molecule is CC(C)(C)NCC(OC(=C=O)CCC(=O)O)c1cc(Cl)c(N)c(Cl)c1. The molecule has 1 rings (SSSR count). The van der Waals surface area contributed by atoms with E-state index in [0.29, 0.717) is 12.1 Å². The number of allylic oxidation sites excluding steroid dienone is 1. The Morgan fingerprint density at radius 1 is 1.32 bits per heavy atom. The summed E-state index contributed by atoms with van der Waals surface area (Å²) < 4.78 is 5.69. The fourth-order valence-corrected chi connectivity index (χ4v) is 2.45. The Morgan fingerprint density at radius 2 is 1.88 bits per heavy atom. The molecule has 0 radical (unpaired) electrons. The zero-order valence-corrected chi connectivity index (χ0v) is 15.9. The zero-order chi connectivity index (χ0) is 19.2. The van der Waals surface area contributed by atoms with Crippen molar-refractivity contribution in [3.8, 4) is 0 Å². The van der Waals surface area contributed by atoms with E-state index in [1.54, 1.807) is 18.1 Å². The van der Waals surface area contributed by atoms with Crippen molar-refractivity contribution in [2.75, 3.05) is 12.3 Å². The van der Waals surface area contributed by atoms with Gasteiger partial charge in [-0.2, -0.15) is 0 Å². The first-order valence-corrected chi connectivity index (χ1v) is 8.41. The molecule has 25 heavy (non-hydrogen) atoms. The van der Waals surface area contributed by atoms with Crippen LogP contribution >= 0.6 is 23.2 Å². The minimum absolute atomic E-state index is 0.0543. The highest BCUT2D eigenvalue weighted by Gasteiger charge is 2.21. The summed E-state index contributed by atoms with van der Waals surface area (Å²) >= 11 is 12.2. The van der Waals surface area contributed by atoms with E-state index in [4.69, 9.17) is 38.8 Å². The molecule has 138 valence electrons. The van der Waals surface area contributed by atoms with Crippen LogP contribution in [0.4, 0.5) is 5.69 Å². The van der Waals surface area contributed by atoms with Gasteiger partial charge in [-0.1, -0.05) is 23.2 Å². The van der Waals surface area contributed by atoms with E-state index >= 15 is 0 Å². The number of anilines is 1. The van der Waals surface area contributed by atoms with Crippen molar-refractivity contribution >= 4 is 40.8 Å². The van der Waals surface area contributed by atoms with Crippen molar-refractivity contribution in [1.82, 2.24) is 5.32 Å². The minimum atomic E-state index is -1.03. The highest BCUT2D eigenvalue weighted by atomic mass is 35.5. The van der Waals surface area contributed by atoms with E-state index in [0.717, 1.165) is 0 Å². The van der Waals surface area contributed by atoms with Crippen molar-refractivity contribution in [1.29, 1.82) is 0 Å². The molecule has 8 heteroatoms. The van der Waals surface area contributed by atoms with Crippen LogP contribution in [0.15, 0.2) is 17.9 Å². The molecular weight excluding hydrogens is 367 g/mol. The third kappa shape index (κ3) is 7.36. The van der Waals surface area contributed by atoms with Crippen LogP contribution < -0.4 is 11.1 Å². The Morgan fingerprint density at radius 3 is 2.32 bits per heavy atom. The lowest BCUT2D eigenvalue weighted by Gasteiger charge is -2.26. The summed E-state index contributed by atoms with van der Waals surface area (Å²) in [6.07, 6.45) is -0.894. The van der Waals surface area contributed by atoms with E-state index in [1.807, 2.05) is 20.8 Å². The van der Waals surface area contributed by atoms with Gasteiger partial charge in [-0.25, -0.2) is 4.79 Å². The quantitative estimate of drug-likeness (QED) is 0.357. The topological polar surface area (TPSA) is 102 Å². The van der Waals surface area contributed by atoms with Gasteiger partial charge in [0.1, 0.15) is 6.10 Å². The van der Waals surface area contributed by atoms with Gasteiger partial charge in [0.15, 0.2) is 11.7 Å². The van der Waals surface area contributed by atoms with Crippen molar-refractivity contribution in [3.63, 3.8) is 0 Å². The lowest BCUT2D eigenvalue weighted by atomic mass is 10.1. The molecule has 0 bridgehead atoms. The van der Waals surface area contributed by atoms with Crippen LogP contribution in [0.1, 0.15) is 45.3 Å². The summed E-state index contributed by atoms with van der Waals surface area (Å²) in [6.45, 7) is 6.29. The Hall–Kier alpha value is -1.72. The molecule has 6 nitrogen and oxygen atoms in total. The third-order valence-corrected chi connectivity index (χ3v) is 3.88. The molecular formula is C17H22Cl2N2O4. The molecule has 0 saturated heterocycles. The summed E-state index contributed by atoms with van der Waals surface area (Å²) in [7, 11) is 0. The fraction of sp³-hybridized carbons (Fsp3) is 0.471. The number of hydrogen-bond acceptors (Lipinski definition) is 5. The highest BCUT2D eigenvalue weighted by molar-refractivity contribution is 6.38. The summed E-state index contributed by atoms with van der Waals surface area (Å²) in [5.41, 5.74) is 6.42. The largest absolute Gasteiger partial charge is 0.481 e. The predicted molar refractivity (Wildman–Crippen MR) is 98.5 cm³/mol. The monoisotopic (exact) mass is 388 g/mol. The standard InChI is InChI=1S/C17H22Cl2N2O4/c1-17(2,3)21-8-14(25-11(9-22)4-5-15(23)24)10-6-12(18)16(20)13(19)7-10/h6-7,14,21H,4-5,8,20H2,1-3H3,(H,23,24). The molecule has 0 fully saturated rings. The number of carboxylic acids is 1. The van der Waals surface area contributed by atoms with Gasteiger partial charge in [0.05, 0.1) is 22.2 Å². The lowest BCUT2D eigenvalue weighted by molar-refractivity contribution is -0.137. The van der Waals surface area contributed by atoms with Crippen molar-refractivity contribution in [3.05, 3.63) is 33.5 Å². The molecule has 0 aliphatic carbocycles. The number of nitrogens with one attached hydrogen (secondary N) is 1. The summed E-state index contributed by atoms with van der Waals surface area (Å²) in [5, 5.41) is 12.6. The molecule has 1 aromatic rings. The first-order chi connectivity index (χ1) is 11.5. The number of carbonyl (C=O) groups excluding carboxylic acids is 1. The summed E-state index contributed by atoms with van der Waals surface area (Å²) in [4.78, 5) is 21.8. The van der Waals surface area contributed by atoms with Crippen LogP contribution in [0.5, 0.6) is 0 Å². The molecule has 0 saturated carbocycles. The third-order valence-electron chi connectivity index (χ3n) is 3.26. The fourth-order valence-electron chi connectivity index (χ4n) is 1.94. The number of aliphatic carboxylic acids is 1. The maximum atomic E-state index is 11.1. The molecule has 0 aliphatic rings. The first kappa shape index (κ1) is 21.3. The first-order valence-electron chi connectivity index (χ1n) is 7.65. The maximum Gasteiger partial charge on any atom is 0.303 e. The number of benzene rings is 1. The van der Waals surface area contributed by atoms with Crippen molar-refractivity contribution in [2.45, 2.75) is 45.3 Å². The molecule has 0 amide bonds. The smallest absolute Gasteiger partial charge is 0.303 e. The number of nitrogen functional groups attached to an aromatic ring is 1. The number of carboxylic acid groups (broad SMARTS) is 1. The summed E-state index contributed by atoms with van der Waals surface area (Å²) in [6, 6.07) is 3.22. The van der Waals surface area contributed by atoms with Crippen LogP contribution in [0, 0.1) is 0 Å². The lowest BCUT2D eigenvalue weighted by Crippen LogP contribution is -2.39. The van der Waals surface area contributed by atoms with Gasteiger partial charge >= 0.3 is 5.97 Å². The van der Waals surface area contributed by atoms with Gasteiger partial charge in [0, 0.05) is 18.5 Å². The Balaban J connectivity index is 3.07. The van der Waals surface area contributed by atoms with Gasteiger partial charge in [0.2, 0.25) is 0 Å². The van der Waals surface area contributed by atoms with Gasteiger partial charge < -0.3 is 20.9 Å². The van der Waals surface area contributed by atoms with Gasteiger partial charge in [-0.3, -0.25) is 4.79 Å². The molecule has 1 aromatic carbocycles. The Labute approximate surface area is 156 Å². The number of ether oxygens (including phenoxy) is 1. The van der Waals surface area contributed by atoms with Gasteiger partial charge in [0.25, 0.3) is 0 Å². The van der Waals surface area contributed by atoms with Crippen molar-refractivity contribution < 1.29 is 19.4 Å². The van der Waals surface area contributed by atoms with Gasteiger partial charge in [-0.15, -0.1) is 0 Å². The number of rotatable bonds is 8. The zero-order valence-electron chi connectivity index (χ0n) is 14.4. The predicted octanol–water partition coefficient (Wildman–Crippen LogP) is 3.60. The summed E-state index contributed by atoms with van der Waals surface area (Å²) in [5.74, 6) is 0.553. The number of halogens is 2. The van der Waals surface area contributed by atoms with E-state index in [9.17, 15) is 9.59 Å². The number of nitrogens with two attached hydrogens (primary N) is 1. The highest BCUT2D eigenvalue weighted by Crippen LogP contribution is 2.33. The molecule has 4 N–H and O–H groups in total. The Bertz CT molecular complexity index is 657. The van der Waals surface area contributed by atoms with E-state index < -0.39 is 12.1 Å². The second-order valence-electron chi connectivity index (χ2n) is 6.55. The molecule has 0 aliphatic heterocycles. The van der Waals surface area contributed by atoms with Crippen molar-refractivity contribution in [2.24, 2.45) is 0 Å². The van der Waals surface area contributed by atoms with E-state index in [1.165, 1.54) is 0 Å².